The van der Waals surface area contributed by atoms with E-state index in [0.717, 1.165) is 0 Å². The van der Waals surface area contributed by atoms with Crippen molar-refractivity contribution in [2.75, 3.05) is 0 Å². The molecule has 0 saturated heterocycles. The van der Waals surface area contributed by atoms with Gasteiger partial charge in [0.2, 0.25) is 0 Å². The van der Waals surface area contributed by atoms with Crippen molar-refractivity contribution >= 4 is 8.07 Å². The van der Waals surface area contributed by atoms with Crippen LogP contribution in [-0.2, 0) is 21.7 Å². The zero-order chi connectivity index (χ0) is 16.6. The normalized spacial score (nSPS) is 9.95. The quantitative estimate of drug-likeness (QED) is 0.506. The Balaban J connectivity index is -0.0000000512. The van der Waals surface area contributed by atoms with Gasteiger partial charge in [0.25, 0.3) is 0 Å². The van der Waals surface area contributed by atoms with Crippen molar-refractivity contribution in [2.45, 2.75) is 79.5 Å². The summed E-state index contributed by atoms with van der Waals surface area (Å²) in [4.78, 5) is 0. The van der Waals surface area contributed by atoms with Crippen LogP contribution in [-0.4, -0.2) is 41.7 Å². The molecule has 0 fully saturated rings. The van der Waals surface area contributed by atoms with Gasteiger partial charge in [0.15, 0.2) is 0 Å². The molecule has 0 rings (SSSR count). The minimum Gasteiger partial charge on any atom is -0.394 e. The molecular weight excluding hydrogens is 304 g/mol. The molecule has 0 bridgehead atoms. The molecule has 124 valence electrons. The molecule has 0 aliphatic carbocycles. The average Bonchev–Trinajstić information content (AvgIpc) is 1.96. The molecule has 0 aromatic rings. The Hall–Kier alpha value is 0.421. The molecule has 0 aromatic heterocycles. The number of aliphatic hydroxyl groups is 3. The zero-order valence-electron chi connectivity index (χ0n) is 14.9. The van der Waals surface area contributed by atoms with Crippen LogP contribution < -0.4 is 0 Å². The van der Waals surface area contributed by atoms with Gasteiger partial charge in [-0.3, -0.25) is 0 Å². The maximum absolute atomic E-state index is 8.06. The molecule has 5 heteroatoms. The van der Waals surface area contributed by atoms with E-state index in [4.69, 9.17) is 15.3 Å². The molecular formula is C15H37O3SiTi-. The van der Waals surface area contributed by atoms with Gasteiger partial charge >= 0.3 is 0 Å². The summed E-state index contributed by atoms with van der Waals surface area (Å²) in [7, 11) is -0.900. The molecule has 0 unspecified atom stereocenters. The molecule has 0 aliphatic rings. The number of rotatable bonds is 1. The van der Waals surface area contributed by atoms with Crippen molar-refractivity contribution in [3.8, 4) is 0 Å². The Labute approximate surface area is 143 Å². The summed E-state index contributed by atoms with van der Waals surface area (Å²) in [5.41, 5.74) is 2.22. The van der Waals surface area contributed by atoms with Crippen LogP contribution in [0.1, 0.15) is 41.5 Å². The molecule has 3 nitrogen and oxygen atoms in total. The summed E-state index contributed by atoms with van der Waals surface area (Å²) < 4.78 is 0. The van der Waals surface area contributed by atoms with Crippen LogP contribution in [0, 0.1) is 6.92 Å². The smallest absolute Gasteiger partial charge is 0.0483 e. The molecule has 0 saturated carbocycles. The molecule has 20 heavy (non-hydrogen) atoms. The van der Waals surface area contributed by atoms with Crippen molar-refractivity contribution < 1.29 is 37.0 Å². The fourth-order valence-corrected chi connectivity index (χ4v) is 1.06. The summed E-state index contributed by atoms with van der Waals surface area (Å²) in [6.45, 7) is 20.8. The largest absolute Gasteiger partial charge is 0.394 e. The summed E-state index contributed by atoms with van der Waals surface area (Å²) >= 11 is 0. The van der Waals surface area contributed by atoms with E-state index in [-0.39, 0.29) is 40.0 Å². The fourth-order valence-electron chi connectivity index (χ4n) is 0.354. The van der Waals surface area contributed by atoms with Gasteiger partial charge in [-0.2, -0.15) is 0 Å². The van der Waals surface area contributed by atoms with Gasteiger partial charge in [0.05, 0.1) is 0 Å². The van der Waals surface area contributed by atoms with E-state index in [2.05, 4.69) is 32.3 Å². The van der Waals surface area contributed by atoms with E-state index >= 15 is 0 Å². The SMILES string of the molecule is CC(C)O.CC(C)O.CC(C)O.[CH2-]/C=C\[Si](C)(C)C.[Ti]. The van der Waals surface area contributed by atoms with E-state index in [1.54, 1.807) is 41.5 Å². The first-order valence-electron chi connectivity index (χ1n) is 6.77. The van der Waals surface area contributed by atoms with Gasteiger partial charge in [-0.15, -0.1) is 0 Å². The third-order valence-electron chi connectivity index (χ3n) is 0.618. The molecule has 3 N–H and O–H groups in total. The summed E-state index contributed by atoms with van der Waals surface area (Å²) in [6.07, 6.45) is 1.40. The van der Waals surface area contributed by atoms with Crippen molar-refractivity contribution in [2.24, 2.45) is 0 Å². The minimum atomic E-state index is -0.900. The standard InChI is InChI=1S/C6H13Si.3C3H8O.Ti/c1-5-6-7(2,3)4;3*1-3(2)4;/h5-6H,1H2,2-4H3;3*3-4H,1-2H3;/q-1;;;;/b6-5-;;;;. The van der Waals surface area contributed by atoms with Gasteiger partial charge in [-0.25, -0.2) is 18.7 Å². The molecule has 0 radical (unpaired) electrons. The monoisotopic (exact) mass is 341 g/mol. The summed E-state index contributed by atoms with van der Waals surface area (Å²) in [5.74, 6) is 0. The van der Waals surface area contributed by atoms with Gasteiger partial charge in [-0.1, -0.05) is 19.6 Å². The zero-order valence-corrected chi connectivity index (χ0v) is 17.5. The fraction of sp³-hybridized carbons (Fsp3) is 0.800. The van der Waals surface area contributed by atoms with Crippen LogP contribution in [0.3, 0.4) is 0 Å². The summed E-state index contributed by atoms with van der Waals surface area (Å²) in [6, 6.07) is 0. The predicted molar refractivity (Wildman–Crippen MR) is 89.9 cm³/mol. The van der Waals surface area contributed by atoms with E-state index in [1.807, 2.05) is 6.08 Å². The molecule has 0 spiro atoms. The first kappa shape index (κ1) is 32.4. The van der Waals surface area contributed by atoms with Gasteiger partial charge < -0.3 is 15.3 Å². The van der Waals surface area contributed by atoms with Crippen LogP contribution in [0.15, 0.2) is 11.8 Å². The van der Waals surface area contributed by atoms with Gasteiger partial charge in [0, 0.05) is 40.0 Å². The molecule has 0 aromatic carbocycles. The van der Waals surface area contributed by atoms with E-state index in [1.165, 1.54) is 0 Å². The second-order valence-electron chi connectivity index (χ2n) is 6.05. The number of hydrogen-bond donors (Lipinski definition) is 3. The third kappa shape index (κ3) is 286. The predicted octanol–water partition coefficient (Wildman–Crippen LogP) is 3.41. The van der Waals surface area contributed by atoms with Crippen LogP contribution in [0.2, 0.25) is 19.6 Å². The van der Waals surface area contributed by atoms with Crippen LogP contribution >= 0.6 is 0 Å². The van der Waals surface area contributed by atoms with E-state index in [9.17, 15) is 0 Å². The third-order valence-corrected chi connectivity index (χ3v) is 1.85. The maximum atomic E-state index is 8.06. The van der Waals surface area contributed by atoms with E-state index < -0.39 is 8.07 Å². The number of hydrogen-bond acceptors (Lipinski definition) is 3. The Morgan fingerprint density at radius 2 is 0.900 bits per heavy atom. The Morgan fingerprint density at radius 3 is 0.900 bits per heavy atom. The molecule has 0 aliphatic heterocycles. The van der Waals surface area contributed by atoms with Crippen molar-refractivity contribution in [1.29, 1.82) is 0 Å². The van der Waals surface area contributed by atoms with E-state index in [0.29, 0.717) is 0 Å². The molecule has 0 amide bonds. The first-order chi connectivity index (χ1) is 8.26. The molecule has 0 heterocycles. The van der Waals surface area contributed by atoms with Crippen LogP contribution in [0.5, 0.6) is 0 Å². The van der Waals surface area contributed by atoms with Crippen molar-refractivity contribution in [1.82, 2.24) is 0 Å². The van der Waals surface area contributed by atoms with Gasteiger partial charge in [-0.05, 0) is 49.6 Å². The Bertz CT molecular complexity index is 154. The Morgan fingerprint density at radius 1 is 0.750 bits per heavy atom. The number of aliphatic hydroxyl groups excluding tert-OH is 3. The second-order valence-corrected chi connectivity index (χ2v) is 11.1. The van der Waals surface area contributed by atoms with Gasteiger partial charge in [0.1, 0.15) is 0 Å². The first-order valence-corrected chi connectivity index (χ1v) is 10.3. The second kappa shape index (κ2) is 21.7. The topological polar surface area (TPSA) is 60.7 Å². The average molecular weight is 341 g/mol. The summed E-state index contributed by atoms with van der Waals surface area (Å²) in [5, 5.41) is 24.2. The van der Waals surface area contributed by atoms with Crippen LogP contribution in [0.25, 0.3) is 0 Å². The molecule has 0 atom stereocenters. The minimum absolute atomic E-state index is 0. The van der Waals surface area contributed by atoms with Crippen LogP contribution in [0.4, 0.5) is 0 Å². The van der Waals surface area contributed by atoms with Crippen molar-refractivity contribution in [3.63, 3.8) is 0 Å². The number of allylic oxidation sites excluding steroid dienone is 1. The maximum Gasteiger partial charge on any atom is 0.0483 e. The van der Waals surface area contributed by atoms with Crippen molar-refractivity contribution in [3.05, 3.63) is 18.7 Å². The Kier molecular flexibility index (Phi) is 35.2.